The number of rotatable bonds is 1. The van der Waals surface area contributed by atoms with Gasteiger partial charge in [-0.25, -0.2) is 0 Å². The number of nitrogens with zero attached hydrogens (tertiary/aromatic N) is 1. The van der Waals surface area contributed by atoms with Crippen molar-refractivity contribution in [2.45, 2.75) is 13.3 Å². The molecule has 0 spiro atoms. The summed E-state index contributed by atoms with van der Waals surface area (Å²) in [6, 6.07) is 13.4. The summed E-state index contributed by atoms with van der Waals surface area (Å²) in [5.74, 6) is 0.0457. The number of hydrogen-bond donors (Lipinski definition) is 1. The maximum absolute atomic E-state index is 12.5. The fraction of sp³-hybridized carbons (Fsp3) is 0.188. The van der Waals surface area contributed by atoms with Crippen molar-refractivity contribution in [2.75, 3.05) is 17.2 Å². The van der Waals surface area contributed by atoms with Gasteiger partial charge in [-0.05, 0) is 37.6 Å². The number of nitrogens with two attached hydrogens (primary N) is 1. The van der Waals surface area contributed by atoms with E-state index in [2.05, 4.69) is 0 Å². The lowest BCUT2D eigenvalue weighted by Gasteiger charge is -2.17. The summed E-state index contributed by atoms with van der Waals surface area (Å²) in [7, 11) is 0. The van der Waals surface area contributed by atoms with Crippen molar-refractivity contribution in [1.82, 2.24) is 0 Å². The minimum absolute atomic E-state index is 0.0457. The third-order valence-electron chi connectivity index (χ3n) is 3.61. The summed E-state index contributed by atoms with van der Waals surface area (Å²) in [5, 5.41) is 0. The SMILES string of the molecule is Cc1ccc(C(=O)N2CCc3c(N)cccc32)cc1. The summed E-state index contributed by atoms with van der Waals surface area (Å²) in [5.41, 5.74) is 10.6. The lowest BCUT2D eigenvalue weighted by molar-refractivity contribution is 0.0989. The number of aryl methyl sites for hydroxylation is 1. The van der Waals surface area contributed by atoms with Crippen LogP contribution in [0.5, 0.6) is 0 Å². The molecule has 3 nitrogen and oxygen atoms in total. The molecule has 1 heterocycles. The number of carbonyl (C=O) groups is 1. The fourth-order valence-corrected chi connectivity index (χ4v) is 2.52. The van der Waals surface area contributed by atoms with Gasteiger partial charge in [0.05, 0.1) is 0 Å². The molecule has 3 heteroatoms. The first-order valence-electron chi connectivity index (χ1n) is 6.43. The summed E-state index contributed by atoms with van der Waals surface area (Å²) in [6.07, 6.45) is 0.833. The summed E-state index contributed by atoms with van der Waals surface area (Å²) >= 11 is 0. The second-order valence-electron chi connectivity index (χ2n) is 4.92. The number of carbonyl (C=O) groups excluding carboxylic acids is 1. The zero-order valence-corrected chi connectivity index (χ0v) is 10.9. The van der Waals surface area contributed by atoms with E-state index in [0.717, 1.165) is 34.5 Å². The Morgan fingerprint density at radius 2 is 1.89 bits per heavy atom. The van der Waals surface area contributed by atoms with Crippen molar-refractivity contribution >= 4 is 17.3 Å². The molecule has 0 aliphatic carbocycles. The van der Waals surface area contributed by atoms with Gasteiger partial charge in [-0.15, -0.1) is 0 Å². The second-order valence-corrected chi connectivity index (χ2v) is 4.92. The van der Waals surface area contributed by atoms with Crippen LogP contribution in [0.2, 0.25) is 0 Å². The molecule has 1 amide bonds. The van der Waals surface area contributed by atoms with Crippen LogP contribution in [-0.2, 0) is 6.42 Å². The molecule has 2 aromatic carbocycles. The van der Waals surface area contributed by atoms with E-state index in [1.807, 2.05) is 54.3 Å². The Kier molecular flexibility index (Phi) is 2.75. The highest BCUT2D eigenvalue weighted by molar-refractivity contribution is 6.07. The number of hydrogen-bond acceptors (Lipinski definition) is 2. The molecule has 1 aliphatic rings. The summed E-state index contributed by atoms with van der Waals surface area (Å²) in [4.78, 5) is 14.3. The van der Waals surface area contributed by atoms with E-state index >= 15 is 0 Å². The molecule has 0 fully saturated rings. The van der Waals surface area contributed by atoms with Crippen LogP contribution in [0.25, 0.3) is 0 Å². The molecule has 1 aliphatic heterocycles. The topological polar surface area (TPSA) is 46.3 Å². The fourth-order valence-electron chi connectivity index (χ4n) is 2.52. The van der Waals surface area contributed by atoms with Crippen molar-refractivity contribution in [3.8, 4) is 0 Å². The van der Waals surface area contributed by atoms with Gasteiger partial charge in [0.2, 0.25) is 0 Å². The number of nitrogen functional groups attached to an aromatic ring is 1. The molecule has 2 aromatic rings. The van der Waals surface area contributed by atoms with Gasteiger partial charge in [0.1, 0.15) is 0 Å². The number of fused-ring (bicyclic) bond motifs is 1. The molecule has 96 valence electrons. The maximum Gasteiger partial charge on any atom is 0.258 e. The van der Waals surface area contributed by atoms with Crippen molar-refractivity contribution < 1.29 is 4.79 Å². The third-order valence-corrected chi connectivity index (χ3v) is 3.61. The number of benzene rings is 2. The van der Waals surface area contributed by atoms with Gasteiger partial charge in [0.15, 0.2) is 0 Å². The van der Waals surface area contributed by atoms with E-state index in [1.54, 1.807) is 0 Å². The van der Waals surface area contributed by atoms with Gasteiger partial charge in [0.25, 0.3) is 5.91 Å². The van der Waals surface area contributed by atoms with Crippen LogP contribution in [0.1, 0.15) is 21.5 Å². The average Bonchev–Trinajstić information content (AvgIpc) is 2.84. The molecule has 0 bridgehead atoms. The smallest absolute Gasteiger partial charge is 0.258 e. The Hall–Kier alpha value is -2.29. The highest BCUT2D eigenvalue weighted by atomic mass is 16.2. The molecule has 0 saturated carbocycles. The van der Waals surface area contributed by atoms with Gasteiger partial charge >= 0.3 is 0 Å². The molecule has 0 aromatic heterocycles. The van der Waals surface area contributed by atoms with E-state index in [1.165, 1.54) is 0 Å². The lowest BCUT2D eigenvalue weighted by Crippen LogP contribution is -2.28. The van der Waals surface area contributed by atoms with Crippen molar-refractivity contribution in [2.24, 2.45) is 0 Å². The zero-order chi connectivity index (χ0) is 13.4. The molecular formula is C16H16N2O. The van der Waals surface area contributed by atoms with Gasteiger partial charge < -0.3 is 10.6 Å². The zero-order valence-electron chi connectivity index (χ0n) is 10.9. The molecular weight excluding hydrogens is 236 g/mol. The van der Waals surface area contributed by atoms with Crippen LogP contribution in [0.3, 0.4) is 0 Å². The predicted octanol–water partition coefficient (Wildman–Crippen LogP) is 2.78. The average molecular weight is 252 g/mol. The van der Waals surface area contributed by atoms with E-state index in [4.69, 9.17) is 5.73 Å². The Morgan fingerprint density at radius 3 is 2.63 bits per heavy atom. The van der Waals surface area contributed by atoms with Crippen LogP contribution < -0.4 is 10.6 Å². The van der Waals surface area contributed by atoms with Crippen LogP contribution in [0.15, 0.2) is 42.5 Å². The monoisotopic (exact) mass is 252 g/mol. The van der Waals surface area contributed by atoms with Crippen LogP contribution in [0, 0.1) is 6.92 Å². The van der Waals surface area contributed by atoms with Crippen molar-refractivity contribution in [1.29, 1.82) is 0 Å². The first kappa shape index (κ1) is 11.8. The maximum atomic E-state index is 12.5. The van der Waals surface area contributed by atoms with Crippen LogP contribution in [-0.4, -0.2) is 12.5 Å². The second kappa shape index (κ2) is 4.43. The van der Waals surface area contributed by atoms with Gasteiger partial charge in [-0.3, -0.25) is 4.79 Å². The molecule has 0 atom stereocenters. The predicted molar refractivity (Wildman–Crippen MR) is 77.4 cm³/mol. The lowest BCUT2D eigenvalue weighted by atomic mass is 10.1. The Labute approximate surface area is 112 Å². The molecule has 19 heavy (non-hydrogen) atoms. The van der Waals surface area contributed by atoms with E-state index in [0.29, 0.717) is 6.54 Å². The Bertz CT molecular complexity index is 632. The molecule has 3 rings (SSSR count). The van der Waals surface area contributed by atoms with Crippen molar-refractivity contribution in [3.05, 3.63) is 59.2 Å². The third kappa shape index (κ3) is 1.97. The molecule has 0 unspecified atom stereocenters. The quantitative estimate of drug-likeness (QED) is 0.793. The minimum atomic E-state index is 0.0457. The van der Waals surface area contributed by atoms with Gasteiger partial charge in [-0.2, -0.15) is 0 Å². The molecule has 0 radical (unpaired) electrons. The summed E-state index contributed by atoms with van der Waals surface area (Å²) in [6.45, 7) is 2.72. The Balaban J connectivity index is 1.95. The molecule has 0 saturated heterocycles. The summed E-state index contributed by atoms with van der Waals surface area (Å²) < 4.78 is 0. The minimum Gasteiger partial charge on any atom is -0.398 e. The first-order chi connectivity index (χ1) is 9.16. The highest BCUT2D eigenvalue weighted by Crippen LogP contribution is 2.33. The normalized spacial score (nSPS) is 13.4. The van der Waals surface area contributed by atoms with E-state index in [-0.39, 0.29) is 5.91 Å². The van der Waals surface area contributed by atoms with Crippen LogP contribution in [0.4, 0.5) is 11.4 Å². The standard InChI is InChI=1S/C16H16N2O/c1-11-5-7-12(8-6-11)16(19)18-10-9-13-14(17)3-2-4-15(13)18/h2-8H,9-10,17H2,1H3. The van der Waals surface area contributed by atoms with Gasteiger partial charge in [0, 0.05) is 29.0 Å². The number of amides is 1. The van der Waals surface area contributed by atoms with Crippen LogP contribution >= 0.6 is 0 Å². The highest BCUT2D eigenvalue weighted by Gasteiger charge is 2.26. The van der Waals surface area contributed by atoms with E-state index < -0.39 is 0 Å². The van der Waals surface area contributed by atoms with E-state index in [9.17, 15) is 4.79 Å². The molecule has 2 N–H and O–H groups in total. The van der Waals surface area contributed by atoms with Crippen molar-refractivity contribution in [3.63, 3.8) is 0 Å². The largest absolute Gasteiger partial charge is 0.398 e. The first-order valence-corrected chi connectivity index (χ1v) is 6.43. The Morgan fingerprint density at radius 1 is 1.16 bits per heavy atom. The number of anilines is 2. The van der Waals surface area contributed by atoms with Gasteiger partial charge in [-0.1, -0.05) is 23.8 Å².